The summed E-state index contributed by atoms with van der Waals surface area (Å²) in [5.41, 5.74) is 13.0. The van der Waals surface area contributed by atoms with Gasteiger partial charge in [0, 0.05) is 29.3 Å². The second-order valence-corrected chi connectivity index (χ2v) is 10.3. The summed E-state index contributed by atoms with van der Waals surface area (Å²) < 4.78 is 0. The van der Waals surface area contributed by atoms with Gasteiger partial charge >= 0.3 is 5.97 Å². The topological polar surface area (TPSA) is 192 Å². The molecule has 0 aliphatic rings. The highest BCUT2D eigenvalue weighted by atomic mass is 32.2. The highest BCUT2D eigenvalue weighted by Gasteiger charge is 2.30. The van der Waals surface area contributed by atoms with Crippen molar-refractivity contribution < 1.29 is 24.3 Å². The molecular weight excluding hydrogens is 528 g/mol. The summed E-state index contributed by atoms with van der Waals surface area (Å²) in [6.07, 6.45) is 5.45. The van der Waals surface area contributed by atoms with Crippen LogP contribution in [0.3, 0.4) is 0 Å². The maximum Gasteiger partial charge on any atom is 0.326 e. The van der Waals surface area contributed by atoms with E-state index in [1.54, 1.807) is 6.20 Å². The van der Waals surface area contributed by atoms with Gasteiger partial charge in [0.15, 0.2) is 0 Å². The average Bonchev–Trinajstić information content (AvgIpc) is 3.31. The monoisotopic (exact) mass is 566 g/mol. The van der Waals surface area contributed by atoms with Gasteiger partial charge in [0.1, 0.15) is 18.1 Å². The van der Waals surface area contributed by atoms with E-state index in [4.69, 9.17) is 11.5 Å². The lowest BCUT2D eigenvalue weighted by molar-refractivity contribution is -0.142. The third kappa shape index (κ3) is 9.53. The van der Waals surface area contributed by atoms with Gasteiger partial charge in [-0.15, -0.1) is 0 Å². The molecule has 4 atom stereocenters. The molecular formula is C25H38N6O5S2. The molecule has 1 aromatic carbocycles. The van der Waals surface area contributed by atoms with Crippen LogP contribution in [0, 0.1) is 0 Å². The molecule has 0 aliphatic carbocycles. The number of nitrogens with one attached hydrogen (secondary N) is 4. The Kier molecular flexibility index (Phi) is 13.5. The Morgan fingerprint density at radius 1 is 1.00 bits per heavy atom. The number of carboxylic acid groups (broad SMARTS) is 1. The largest absolute Gasteiger partial charge is 0.480 e. The van der Waals surface area contributed by atoms with Gasteiger partial charge in [-0.2, -0.15) is 24.4 Å². The first-order valence-corrected chi connectivity index (χ1v) is 14.5. The van der Waals surface area contributed by atoms with Crippen molar-refractivity contribution in [3.05, 3.63) is 36.0 Å². The van der Waals surface area contributed by atoms with Crippen LogP contribution >= 0.6 is 24.4 Å². The van der Waals surface area contributed by atoms with Crippen molar-refractivity contribution in [1.82, 2.24) is 20.9 Å². The lowest BCUT2D eigenvalue weighted by Gasteiger charge is -2.25. The van der Waals surface area contributed by atoms with Crippen molar-refractivity contribution in [2.24, 2.45) is 11.5 Å². The number of hydrogen-bond acceptors (Lipinski definition) is 8. The fourth-order valence-corrected chi connectivity index (χ4v) is 4.53. The molecule has 4 unspecified atom stereocenters. The molecule has 0 saturated heterocycles. The molecule has 1 heterocycles. The molecule has 0 fully saturated rings. The predicted octanol–water partition coefficient (Wildman–Crippen LogP) is 0.389. The maximum atomic E-state index is 13.4. The van der Waals surface area contributed by atoms with E-state index in [2.05, 4.69) is 33.6 Å². The number of carboxylic acids is 1. The van der Waals surface area contributed by atoms with E-state index in [1.807, 2.05) is 30.5 Å². The number of fused-ring (bicyclic) bond motifs is 1. The number of benzene rings is 1. The number of aromatic nitrogens is 1. The van der Waals surface area contributed by atoms with Crippen LogP contribution in [0.2, 0.25) is 0 Å². The number of para-hydroxylation sites is 1. The molecule has 1 aromatic heterocycles. The number of amides is 3. The Morgan fingerprint density at radius 2 is 1.66 bits per heavy atom. The van der Waals surface area contributed by atoms with Gasteiger partial charge < -0.3 is 37.5 Å². The molecule has 13 heteroatoms. The summed E-state index contributed by atoms with van der Waals surface area (Å²) in [5, 5.41) is 18.4. The number of aliphatic carboxylic acids is 1. The minimum atomic E-state index is -1.16. The van der Waals surface area contributed by atoms with Gasteiger partial charge in [-0.05, 0) is 55.9 Å². The Labute approximate surface area is 232 Å². The lowest BCUT2D eigenvalue weighted by atomic mass is 10.0. The van der Waals surface area contributed by atoms with Crippen molar-refractivity contribution >= 4 is 59.0 Å². The number of carbonyl (C=O) groups excluding carboxylic acids is 3. The van der Waals surface area contributed by atoms with Gasteiger partial charge in [-0.1, -0.05) is 18.2 Å². The summed E-state index contributed by atoms with van der Waals surface area (Å²) >= 11 is 5.51. The van der Waals surface area contributed by atoms with E-state index in [-0.39, 0.29) is 18.6 Å². The van der Waals surface area contributed by atoms with Crippen molar-refractivity contribution in [2.75, 3.05) is 24.3 Å². The number of nitrogens with two attached hydrogens (primary N) is 2. The summed E-state index contributed by atoms with van der Waals surface area (Å²) in [4.78, 5) is 54.0. The second-order valence-electron chi connectivity index (χ2n) is 8.94. The molecule has 9 N–H and O–H groups in total. The van der Waals surface area contributed by atoms with Crippen LogP contribution in [0.1, 0.15) is 31.2 Å². The smallest absolute Gasteiger partial charge is 0.326 e. The second kappa shape index (κ2) is 16.3. The Bertz CT molecular complexity index is 1080. The average molecular weight is 567 g/mol. The summed E-state index contributed by atoms with van der Waals surface area (Å²) in [6.45, 7) is 0.427. The molecule has 3 amide bonds. The van der Waals surface area contributed by atoms with Crippen LogP contribution in [-0.4, -0.2) is 82.3 Å². The minimum absolute atomic E-state index is 0.0984. The molecule has 0 bridgehead atoms. The highest BCUT2D eigenvalue weighted by Crippen LogP contribution is 2.19. The van der Waals surface area contributed by atoms with Gasteiger partial charge in [0.05, 0.1) is 6.04 Å². The quantitative estimate of drug-likeness (QED) is 0.0995. The molecule has 0 spiro atoms. The number of thiol groups is 1. The van der Waals surface area contributed by atoms with Crippen LogP contribution in [-0.2, 0) is 25.6 Å². The van der Waals surface area contributed by atoms with Gasteiger partial charge in [0.25, 0.3) is 0 Å². The zero-order valence-corrected chi connectivity index (χ0v) is 23.2. The first-order chi connectivity index (χ1) is 18.2. The molecule has 0 radical (unpaired) electrons. The fraction of sp³-hybridized carbons (Fsp3) is 0.520. The van der Waals surface area contributed by atoms with E-state index < -0.39 is 47.9 Å². The number of rotatable bonds is 17. The maximum absolute atomic E-state index is 13.4. The Hall–Kier alpha value is -2.74. The Morgan fingerprint density at radius 3 is 2.32 bits per heavy atom. The van der Waals surface area contributed by atoms with E-state index in [0.29, 0.717) is 31.6 Å². The number of thioether (sulfide) groups is 1. The van der Waals surface area contributed by atoms with E-state index in [9.17, 15) is 24.3 Å². The van der Waals surface area contributed by atoms with Crippen LogP contribution in [0.5, 0.6) is 0 Å². The molecule has 2 aromatic rings. The first-order valence-electron chi connectivity index (χ1n) is 12.5. The first kappa shape index (κ1) is 31.5. The zero-order chi connectivity index (χ0) is 28.1. The lowest BCUT2D eigenvalue weighted by Crippen LogP contribution is -2.57. The van der Waals surface area contributed by atoms with E-state index in [1.165, 1.54) is 11.8 Å². The van der Waals surface area contributed by atoms with Gasteiger partial charge in [0.2, 0.25) is 17.7 Å². The number of H-pyrrole nitrogens is 1. The van der Waals surface area contributed by atoms with Crippen molar-refractivity contribution in [1.29, 1.82) is 0 Å². The predicted molar refractivity (Wildman–Crippen MR) is 153 cm³/mol. The summed E-state index contributed by atoms with van der Waals surface area (Å²) in [5.74, 6) is -2.25. The molecule has 0 aliphatic heterocycles. The number of carbonyl (C=O) groups is 4. The molecule has 38 heavy (non-hydrogen) atoms. The summed E-state index contributed by atoms with van der Waals surface area (Å²) in [6, 6.07) is 3.47. The fourth-order valence-electron chi connectivity index (χ4n) is 3.89. The van der Waals surface area contributed by atoms with Crippen molar-refractivity contribution in [3.63, 3.8) is 0 Å². The van der Waals surface area contributed by atoms with Gasteiger partial charge in [-0.25, -0.2) is 4.79 Å². The molecule has 11 nitrogen and oxygen atoms in total. The number of aromatic amines is 1. The zero-order valence-electron chi connectivity index (χ0n) is 21.4. The minimum Gasteiger partial charge on any atom is -0.480 e. The van der Waals surface area contributed by atoms with E-state index >= 15 is 0 Å². The van der Waals surface area contributed by atoms with Crippen LogP contribution in [0.15, 0.2) is 30.5 Å². The molecule has 2 rings (SSSR count). The third-order valence-corrected chi connectivity index (χ3v) is 7.11. The highest BCUT2D eigenvalue weighted by molar-refractivity contribution is 7.98. The van der Waals surface area contributed by atoms with E-state index in [0.717, 1.165) is 16.5 Å². The summed E-state index contributed by atoms with van der Waals surface area (Å²) in [7, 11) is 0. The third-order valence-electron chi connectivity index (χ3n) is 6.07. The van der Waals surface area contributed by atoms with Crippen LogP contribution in [0.25, 0.3) is 10.9 Å². The Balaban J connectivity index is 2.30. The normalized spacial score (nSPS) is 14.3. The molecule has 0 saturated carbocycles. The van der Waals surface area contributed by atoms with Crippen molar-refractivity contribution in [3.8, 4) is 0 Å². The number of hydrogen-bond donors (Lipinski definition) is 8. The number of unbranched alkanes of at least 4 members (excludes halogenated alkanes) is 1. The van der Waals surface area contributed by atoms with Crippen LogP contribution < -0.4 is 27.4 Å². The van der Waals surface area contributed by atoms with Gasteiger partial charge in [-0.3, -0.25) is 14.4 Å². The van der Waals surface area contributed by atoms with Crippen LogP contribution in [0.4, 0.5) is 0 Å². The SMILES string of the molecule is CSCCC(NC(=O)C(Cc1c[nH]c2ccccc12)NC(=O)C(CCCCN)NC(=O)C(N)CS)C(=O)O. The molecule has 210 valence electrons. The standard InChI is InChI=1S/C25H38N6O5S2/c1-38-11-9-20(25(35)36)30-24(34)21(12-15-13-28-18-7-3-2-6-16(15)18)31-23(33)19(8-4-5-10-26)29-22(32)17(27)14-37/h2-3,6-7,13,17,19-21,28,37H,4-5,8-12,14,26-27H2,1H3,(H,29,32)(H,30,34)(H,31,33)(H,35,36). The van der Waals surface area contributed by atoms with Crippen molar-refractivity contribution in [2.45, 2.75) is 56.3 Å².